The van der Waals surface area contributed by atoms with E-state index in [9.17, 15) is 0 Å². The number of hydrogen-bond donors (Lipinski definition) is 0. The fourth-order valence-corrected chi connectivity index (χ4v) is 2.99. The van der Waals surface area contributed by atoms with Crippen molar-refractivity contribution < 1.29 is 14.2 Å². The third kappa shape index (κ3) is 2.42. The van der Waals surface area contributed by atoms with Gasteiger partial charge in [0.05, 0.1) is 13.2 Å². The first-order valence-electron chi connectivity index (χ1n) is 6.02. The van der Waals surface area contributed by atoms with Crippen molar-refractivity contribution in [2.24, 2.45) is 0 Å². The van der Waals surface area contributed by atoms with E-state index in [2.05, 4.69) is 23.2 Å². The lowest BCUT2D eigenvalue weighted by Gasteiger charge is -2.09. The molecule has 19 heavy (non-hydrogen) atoms. The smallest absolute Gasteiger partial charge is 0.201 e. The normalized spacial score (nSPS) is 14.1. The topological polar surface area (TPSA) is 40.6 Å². The molecule has 0 N–H and O–H groups in total. The average Bonchev–Trinajstić information content (AvgIpc) is 3.08. The number of ether oxygens (including phenoxy) is 3. The molecule has 0 amide bonds. The van der Waals surface area contributed by atoms with Gasteiger partial charge in [-0.05, 0) is 17.2 Å². The van der Waals surface area contributed by atoms with Crippen LogP contribution >= 0.6 is 11.3 Å². The average molecular weight is 277 g/mol. The van der Waals surface area contributed by atoms with Crippen molar-refractivity contribution in [2.75, 3.05) is 14.2 Å². The van der Waals surface area contributed by atoms with Crippen molar-refractivity contribution in [3.63, 3.8) is 0 Å². The molecule has 100 valence electrons. The highest BCUT2D eigenvalue weighted by Crippen LogP contribution is 2.30. The standard InChI is InChI=1S/C14H15NO3S/c1-16-14(17-2)12-8-19-13(15-12)9-3-4-10-6-18-7-11(10)5-9/h3-5,8,14H,6-7H2,1-2H3. The SMILES string of the molecule is COC(OC)c1csc(-c2ccc3c(c2)COC3)n1. The first-order chi connectivity index (χ1) is 9.31. The molecule has 0 fully saturated rings. The number of nitrogens with zero attached hydrogens (tertiary/aromatic N) is 1. The Balaban J connectivity index is 1.90. The number of hydrogen-bond acceptors (Lipinski definition) is 5. The van der Waals surface area contributed by atoms with Gasteiger partial charge in [0, 0.05) is 25.2 Å². The van der Waals surface area contributed by atoms with E-state index in [4.69, 9.17) is 14.2 Å². The van der Waals surface area contributed by atoms with Crippen molar-refractivity contribution in [1.82, 2.24) is 4.98 Å². The predicted molar refractivity (Wildman–Crippen MR) is 72.8 cm³/mol. The Morgan fingerprint density at radius 2 is 2.00 bits per heavy atom. The number of rotatable bonds is 4. The van der Waals surface area contributed by atoms with Crippen LogP contribution in [0.15, 0.2) is 23.6 Å². The summed E-state index contributed by atoms with van der Waals surface area (Å²) in [5.41, 5.74) is 4.45. The van der Waals surface area contributed by atoms with Crippen LogP contribution in [0.2, 0.25) is 0 Å². The van der Waals surface area contributed by atoms with Crippen LogP contribution in [-0.4, -0.2) is 19.2 Å². The molecule has 0 bridgehead atoms. The molecule has 2 heterocycles. The maximum absolute atomic E-state index is 5.43. The third-order valence-corrected chi connectivity index (χ3v) is 4.07. The van der Waals surface area contributed by atoms with Crippen LogP contribution in [0.3, 0.4) is 0 Å². The zero-order valence-electron chi connectivity index (χ0n) is 10.9. The van der Waals surface area contributed by atoms with E-state index in [1.165, 1.54) is 11.1 Å². The zero-order chi connectivity index (χ0) is 13.2. The molecule has 0 saturated carbocycles. The molecule has 1 aliphatic heterocycles. The summed E-state index contributed by atoms with van der Waals surface area (Å²) in [6.07, 6.45) is -0.400. The minimum absolute atomic E-state index is 0.400. The molecule has 1 aliphatic rings. The summed E-state index contributed by atoms with van der Waals surface area (Å²) in [5, 5.41) is 2.94. The third-order valence-electron chi connectivity index (χ3n) is 3.16. The molecule has 1 aromatic carbocycles. The van der Waals surface area contributed by atoms with E-state index in [0.29, 0.717) is 13.2 Å². The van der Waals surface area contributed by atoms with Crippen molar-refractivity contribution in [2.45, 2.75) is 19.5 Å². The molecular formula is C14H15NO3S. The summed E-state index contributed by atoms with van der Waals surface area (Å²) < 4.78 is 15.8. The lowest BCUT2D eigenvalue weighted by atomic mass is 10.1. The summed E-state index contributed by atoms with van der Waals surface area (Å²) in [4.78, 5) is 4.58. The Labute approximate surface area is 116 Å². The number of aromatic nitrogens is 1. The maximum Gasteiger partial charge on any atom is 0.201 e. The molecule has 2 aromatic rings. The Bertz CT molecular complexity index is 578. The highest BCUT2D eigenvalue weighted by molar-refractivity contribution is 7.13. The van der Waals surface area contributed by atoms with E-state index in [1.54, 1.807) is 25.6 Å². The lowest BCUT2D eigenvalue weighted by Crippen LogP contribution is -2.03. The molecule has 0 aliphatic carbocycles. The molecule has 4 nitrogen and oxygen atoms in total. The second-order valence-electron chi connectivity index (χ2n) is 4.36. The summed E-state index contributed by atoms with van der Waals surface area (Å²) in [6.45, 7) is 1.41. The lowest BCUT2D eigenvalue weighted by molar-refractivity contribution is -0.108. The number of benzene rings is 1. The van der Waals surface area contributed by atoms with Crippen LogP contribution in [0, 0.1) is 0 Å². The number of thiazole rings is 1. The van der Waals surface area contributed by atoms with Gasteiger partial charge >= 0.3 is 0 Å². The summed E-state index contributed by atoms with van der Waals surface area (Å²) in [6, 6.07) is 6.35. The molecule has 0 spiro atoms. The summed E-state index contributed by atoms with van der Waals surface area (Å²) >= 11 is 1.60. The highest BCUT2D eigenvalue weighted by atomic mass is 32.1. The molecular weight excluding hydrogens is 262 g/mol. The van der Waals surface area contributed by atoms with Crippen LogP contribution in [-0.2, 0) is 27.4 Å². The Morgan fingerprint density at radius 3 is 2.79 bits per heavy atom. The first kappa shape index (κ1) is 12.7. The number of fused-ring (bicyclic) bond motifs is 1. The van der Waals surface area contributed by atoms with Gasteiger partial charge in [0.25, 0.3) is 0 Å². The first-order valence-corrected chi connectivity index (χ1v) is 6.90. The largest absolute Gasteiger partial charge is 0.372 e. The van der Waals surface area contributed by atoms with E-state index < -0.39 is 6.29 Å². The van der Waals surface area contributed by atoms with Gasteiger partial charge in [-0.15, -0.1) is 11.3 Å². The van der Waals surface area contributed by atoms with E-state index in [-0.39, 0.29) is 0 Å². The van der Waals surface area contributed by atoms with Crippen LogP contribution < -0.4 is 0 Å². The van der Waals surface area contributed by atoms with E-state index in [0.717, 1.165) is 16.3 Å². The highest BCUT2D eigenvalue weighted by Gasteiger charge is 2.16. The van der Waals surface area contributed by atoms with Gasteiger partial charge in [0.2, 0.25) is 6.29 Å². The van der Waals surface area contributed by atoms with Gasteiger partial charge in [-0.2, -0.15) is 0 Å². The van der Waals surface area contributed by atoms with E-state index >= 15 is 0 Å². The molecule has 0 unspecified atom stereocenters. The van der Waals surface area contributed by atoms with E-state index in [1.807, 2.05) is 5.38 Å². The van der Waals surface area contributed by atoms with Crippen LogP contribution in [0.4, 0.5) is 0 Å². The predicted octanol–water partition coefficient (Wildman–Crippen LogP) is 3.13. The molecule has 5 heteroatoms. The van der Waals surface area contributed by atoms with Crippen LogP contribution in [0.25, 0.3) is 10.6 Å². The Morgan fingerprint density at radius 1 is 1.21 bits per heavy atom. The van der Waals surface area contributed by atoms with Gasteiger partial charge in [-0.25, -0.2) is 4.98 Å². The minimum Gasteiger partial charge on any atom is -0.372 e. The molecule has 0 radical (unpaired) electrons. The van der Waals surface area contributed by atoms with Crippen LogP contribution in [0.1, 0.15) is 23.1 Å². The number of methoxy groups -OCH3 is 2. The molecule has 0 atom stereocenters. The quantitative estimate of drug-likeness (QED) is 0.805. The van der Waals surface area contributed by atoms with Crippen LogP contribution in [0.5, 0.6) is 0 Å². The summed E-state index contributed by atoms with van der Waals surface area (Å²) in [5.74, 6) is 0. The van der Waals surface area contributed by atoms with Gasteiger partial charge in [-0.3, -0.25) is 0 Å². The van der Waals surface area contributed by atoms with Crippen molar-refractivity contribution in [3.8, 4) is 10.6 Å². The zero-order valence-corrected chi connectivity index (χ0v) is 11.7. The molecule has 1 aromatic heterocycles. The second kappa shape index (κ2) is 5.38. The molecule has 0 saturated heterocycles. The van der Waals surface area contributed by atoms with Gasteiger partial charge in [0.1, 0.15) is 10.7 Å². The minimum atomic E-state index is -0.400. The van der Waals surface area contributed by atoms with Gasteiger partial charge in [0.15, 0.2) is 0 Å². The monoisotopic (exact) mass is 277 g/mol. The van der Waals surface area contributed by atoms with Gasteiger partial charge < -0.3 is 14.2 Å². The fraction of sp³-hybridized carbons (Fsp3) is 0.357. The summed E-state index contributed by atoms with van der Waals surface area (Å²) in [7, 11) is 3.22. The second-order valence-corrected chi connectivity index (χ2v) is 5.22. The van der Waals surface area contributed by atoms with Gasteiger partial charge in [-0.1, -0.05) is 12.1 Å². The van der Waals surface area contributed by atoms with Crippen molar-refractivity contribution >= 4 is 11.3 Å². The Hall–Kier alpha value is -1.27. The van der Waals surface area contributed by atoms with Crippen molar-refractivity contribution in [3.05, 3.63) is 40.4 Å². The fourth-order valence-electron chi connectivity index (χ4n) is 2.17. The molecule has 3 rings (SSSR count). The Kier molecular flexibility index (Phi) is 3.61. The van der Waals surface area contributed by atoms with Crippen molar-refractivity contribution in [1.29, 1.82) is 0 Å². The maximum atomic E-state index is 5.43.